The lowest BCUT2D eigenvalue weighted by molar-refractivity contribution is -0.130. The van der Waals surface area contributed by atoms with Crippen molar-refractivity contribution in [3.8, 4) is 5.75 Å². The number of carbonyl (C=O) groups is 1. The molecule has 0 radical (unpaired) electrons. The van der Waals surface area contributed by atoms with Gasteiger partial charge in [0, 0.05) is 0 Å². The molecule has 4 nitrogen and oxygen atoms in total. The fourth-order valence-electron chi connectivity index (χ4n) is 2.09. The second-order valence-electron chi connectivity index (χ2n) is 4.94. The molecular weight excluding hydrogens is 278 g/mol. The maximum atomic E-state index is 11.8. The highest BCUT2D eigenvalue weighted by Gasteiger charge is 2.23. The third kappa shape index (κ3) is 3.41. The van der Waals surface area contributed by atoms with Crippen molar-refractivity contribution < 1.29 is 14.3 Å². The first-order valence-corrected chi connectivity index (χ1v) is 6.97. The van der Waals surface area contributed by atoms with Gasteiger partial charge in [0.25, 0.3) is 0 Å². The van der Waals surface area contributed by atoms with Gasteiger partial charge in [-0.25, -0.2) is 9.79 Å². The van der Waals surface area contributed by atoms with Crippen molar-refractivity contribution in [3.63, 3.8) is 0 Å². The number of carbonyl (C=O) groups excluding carboxylic acids is 1. The molecule has 22 heavy (non-hydrogen) atoms. The van der Waals surface area contributed by atoms with E-state index in [0.29, 0.717) is 5.75 Å². The van der Waals surface area contributed by atoms with E-state index in [9.17, 15) is 4.79 Å². The van der Waals surface area contributed by atoms with Crippen LogP contribution < -0.4 is 4.74 Å². The molecule has 0 N–H and O–H groups in total. The first-order valence-electron chi connectivity index (χ1n) is 6.97. The quantitative estimate of drug-likeness (QED) is 0.641. The fourth-order valence-corrected chi connectivity index (χ4v) is 2.09. The normalized spacial score (nSPS) is 15.6. The molecule has 0 atom stereocenters. The molecule has 3 rings (SSSR count). The first-order chi connectivity index (χ1) is 10.7. The molecule has 0 aromatic heterocycles. The number of nitrogens with zero attached hydrogens (tertiary/aromatic N) is 1. The summed E-state index contributed by atoms with van der Waals surface area (Å²) in [7, 11) is 0. The van der Waals surface area contributed by atoms with Crippen molar-refractivity contribution in [2.75, 3.05) is 6.61 Å². The Balaban J connectivity index is 1.71. The second-order valence-corrected chi connectivity index (χ2v) is 4.94. The largest absolute Gasteiger partial charge is 0.484 e. The SMILES string of the molecule is Cc1cccc(/C=C2/N=C(COc3ccccc3)OC2=O)c1. The number of ether oxygens (including phenoxy) is 2. The van der Waals surface area contributed by atoms with Gasteiger partial charge >= 0.3 is 5.97 Å². The molecule has 4 heteroatoms. The van der Waals surface area contributed by atoms with Crippen molar-refractivity contribution in [1.82, 2.24) is 0 Å². The Bertz CT molecular complexity index is 748. The summed E-state index contributed by atoms with van der Waals surface area (Å²) < 4.78 is 10.6. The monoisotopic (exact) mass is 293 g/mol. The van der Waals surface area contributed by atoms with E-state index in [4.69, 9.17) is 9.47 Å². The summed E-state index contributed by atoms with van der Waals surface area (Å²) in [5.41, 5.74) is 2.33. The van der Waals surface area contributed by atoms with Crippen LogP contribution in [-0.4, -0.2) is 18.5 Å². The predicted molar refractivity (Wildman–Crippen MR) is 84.6 cm³/mol. The van der Waals surface area contributed by atoms with Crippen LogP contribution in [0, 0.1) is 6.92 Å². The minimum Gasteiger partial charge on any atom is -0.484 e. The van der Waals surface area contributed by atoms with Gasteiger partial charge in [-0.05, 0) is 30.7 Å². The molecule has 0 amide bonds. The van der Waals surface area contributed by atoms with Gasteiger partial charge in [0.2, 0.25) is 5.90 Å². The molecule has 2 aromatic rings. The van der Waals surface area contributed by atoms with Crippen LogP contribution in [0.4, 0.5) is 0 Å². The van der Waals surface area contributed by atoms with E-state index in [1.54, 1.807) is 6.08 Å². The van der Waals surface area contributed by atoms with Gasteiger partial charge in [0.05, 0.1) is 0 Å². The number of para-hydroxylation sites is 1. The lowest BCUT2D eigenvalue weighted by atomic mass is 10.1. The van der Waals surface area contributed by atoms with Crippen molar-refractivity contribution in [1.29, 1.82) is 0 Å². The number of cyclic esters (lactones) is 1. The average Bonchev–Trinajstić information content (AvgIpc) is 2.86. The van der Waals surface area contributed by atoms with Crippen LogP contribution in [0.25, 0.3) is 6.08 Å². The minimum absolute atomic E-state index is 0.126. The number of aliphatic imine (C=N–C) groups is 1. The molecule has 2 aromatic carbocycles. The van der Waals surface area contributed by atoms with Crippen LogP contribution in [0.3, 0.4) is 0 Å². The van der Waals surface area contributed by atoms with E-state index in [1.807, 2.05) is 61.5 Å². The molecule has 1 aliphatic rings. The van der Waals surface area contributed by atoms with Crippen molar-refractivity contribution in [2.24, 2.45) is 4.99 Å². The summed E-state index contributed by atoms with van der Waals surface area (Å²) in [6, 6.07) is 17.2. The summed E-state index contributed by atoms with van der Waals surface area (Å²) in [5, 5.41) is 0. The molecule has 110 valence electrons. The van der Waals surface area contributed by atoms with Crippen LogP contribution in [0.1, 0.15) is 11.1 Å². The molecule has 0 fully saturated rings. The summed E-state index contributed by atoms with van der Waals surface area (Å²) in [6.07, 6.45) is 1.71. The summed E-state index contributed by atoms with van der Waals surface area (Å²) in [5.74, 6) is 0.526. The summed E-state index contributed by atoms with van der Waals surface area (Å²) in [4.78, 5) is 16.0. The van der Waals surface area contributed by atoms with Crippen LogP contribution in [0.15, 0.2) is 65.3 Å². The maximum absolute atomic E-state index is 11.8. The van der Waals surface area contributed by atoms with E-state index in [1.165, 1.54) is 0 Å². The number of aryl methyl sites for hydroxylation is 1. The third-order valence-corrected chi connectivity index (χ3v) is 3.12. The van der Waals surface area contributed by atoms with Crippen molar-refractivity contribution in [2.45, 2.75) is 6.92 Å². The van der Waals surface area contributed by atoms with Gasteiger partial charge < -0.3 is 9.47 Å². The smallest absolute Gasteiger partial charge is 0.363 e. The molecule has 0 spiro atoms. The number of rotatable bonds is 4. The summed E-state index contributed by atoms with van der Waals surface area (Å²) >= 11 is 0. The summed E-state index contributed by atoms with van der Waals surface area (Å²) in [6.45, 7) is 2.12. The minimum atomic E-state index is -0.451. The molecule has 0 bridgehead atoms. The maximum Gasteiger partial charge on any atom is 0.363 e. The average molecular weight is 293 g/mol. The standard InChI is InChI=1S/C18H15NO3/c1-13-6-5-7-14(10-13)11-16-18(20)22-17(19-16)12-21-15-8-3-2-4-9-15/h2-11H,12H2,1H3/b16-11+. The molecule has 0 unspecified atom stereocenters. The predicted octanol–water partition coefficient (Wildman–Crippen LogP) is 3.37. The first kappa shape index (κ1) is 14.1. The zero-order valence-electron chi connectivity index (χ0n) is 12.2. The van der Waals surface area contributed by atoms with Crippen LogP contribution in [0.2, 0.25) is 0 Å². The van der Waals surface area contributed by atoms with E-state index in [2.05, 4.69) is 4.99 Å². The fraction of sp³-hybridized carbons (Fsp3) is 0.111. The molecule has 0 aliphatic carbocycles. The molecular formula is C18H15NO3. The van der Waals surface area contributed by atoms with Gasteiger partial charge in [-0.1, -0.05) is 48.0 Å². The third-order valence-electron chi connectivity index (χ3n) is 3.12. The van der Waals surface area contributed by atoms with Gasteiger partial charge in [-0.3, -0.25) is 0 Å². The highest BCUT2D eigenvalue weighted by molar-refractivity contribution is 6.07. The van der Waals surface area contributed by atoms with Gasteiger partial charge in [-0.15, -0.1) is 0 Å². The van der Waals surface area contributed by atoms with E-state index < -0.39 is 5.97 Å². The van der Waals surface area contributed by atoms with Gasteiger partial charge in [0.1, 0.15) is 5.75 Å². The lowest BCUT2D eigenvalue weighted by Gasteiger charge is -2.03. The number of hydrogen-bond acceptors (Lipinski definition) is 4. The molecule has 1 aliphatic heterocycles. The van der Waals surface area contributed by atoms with Gasteiger partial charge in [-0.2, -0.15) is 0 Å². The Labute approximate surface area is 128 Å². The highest BCUT2D eigenvalue weighted by atomic mass is 16.6. The topological polar surface area (TPSA) is 47.9 Å². The van der Waals surface area contributed by atoms with E-state index in [-0.39, 0.29) is 18.2 Å². The highest BCUT2D eigenvalue weighted by Crippen LogP contribution is 2.17. The Morgan fingerprint density at radius 2 is 1.95 bits per heavy atom. The van der Waals surface area contributed by atoms with E-state index in [0.717, 1.165) is 11.1 Å². The number of esters is 1. The number of hydrogen-bond donors (Lipinski definition) is 0. The second kappa shape index (κ2) is 6.26. The Morgan fingerprint density at radius 3 is 2.73 bits per heavy atom. The Hall–Kier alpha value is -2.88. The molecule has 0 saturated heterocycles. The van der Waals surface area contributed by atoms with Crippen molar-refractivity contribution in [3.05, 3.63) is 71.4 Å². The van der Waals surface area contributed by atoms with Crippen LogP contribution in [-0.2, 0) is 9.53 Å². The van der Waals surface area contributed by atoms with Crippen LogP contribution in [0.5, 0.6) is 5.75 Å². The number of benzene rings is 2. The molecule has 0 saturated carbocycles. The lowest BCUT2D eigenvalue weighted by Crippen LogP contribution is -2.13. The van der Waals surface area contributed by atoms with Crippen LogP contribution >= 0.6 is 0 Å². The van der Waals surface area contributed by atoms with Crippen molar-refractivity contribution >= 4 is 17.9 Å². The van der Waals surface area contributed by atoms with E-state index >= 15 is 0 Å². The zero-order valence-corrected chi connectivity index (χ0v) is 12.2. The Kier molecular flexibility index (Phi) is 4.01. The molecule has 1 heterocycles. The van der Waals surface area contributed by atoms with Gasteiger partial charge in [0.15, 0.2) is 12.3 Å². The Morgan fingerprint density at radius 1 is 1.14 bits per heavy atom. The zero-order chi connectivity index (χ0) is 15.4.